The first-order valence-corrected chi connectivity index (χ1v) is 15.3. The van der Waals surface area contributed by atoms with Crippen molar-refractivity contribution in [3.05, 3.63) is 89.5 Å². The molecule has 1 fully saturated rings. The third-order valence-electron chi connectivity index (χ3n) is 8.48. The van der Waals surface area contributed by atoms with E-state index in [0.29, 0.717) is 5.75 Å². The van der Waals surface area contributed by atoms with Gasteiger partial charge in [0.25, 0.3) is 0 Å². The van der Waals surface area contributed by atoms with E-state index in [4.69, 9.17) is 14.2 Å². The van der Waals surface area contributed by atoms with E-state index in [1.165, 1.54) is 4.90 Å². The number of hydrogen-bond donors (Lipinski definition) is 2. The molecule has 2 N–H and O–H groups in total. The van der Waals surface area contributed by atoms with Crippen molar-refractivity contribution < 1.29 is 33.7 Å². The van der Waals surface area contributed by atoms with Gasteiger partial charge in [0.05, 0.1) is 6.10 Å². The Balaban J connectivity index is 1.41. The summed E-state index contributed by atoms with van der Waals surface area (Å²) < 4.78 is 17.7. The van der Waals surface area contributed by atoms with Gasteiger partial charge in [0.15, 0.2) is 6.04 Å². The van der Waals surface area contributed by atoms with Crippen molar-refractivity contribution >= 4 is 18.0 Å². The summed E-state index contributed by atoms with van der Waals surface area (Å²) in [5.74, 6) is -1.80. The highest BCUT2D eigenvalue weighted by Gasteiger charge is 2.53. The molecule has 3 aromatic rings. The van der Waals surface area contributed by atoms with Gasteiger partial charge in [-0.15, -0.1) is 0 Å². The van der Waals surface area contributed by atoms with Gasteiger partial charge in [0.2, 0.25) is 5.91 Å². The van der Waals surface area contributed by atoms with Crippen molar-refractivity contribution in [1.29, 1.82) is 0 Å². The number of hydrogen-bond acceptors (Lipinski definition) is 6. The topological polar surface area (TPSA) is 114 Å². The number of fused-ring (bicyclic) bond motifs is 3. The number of amides is 2. The summed E-state index contributed by atoms with van der Waals surface area (Å²) in [5, 5.41) is 12.8. The van der Waals surface area contributed by atoms with Crippen LogP contribution in [0.2, 0.25) is 0 Å². The summed E-state index contributed by atoms with van der Waals surface area (Å²) in [7, 11) is 0. The predicted molar refractivity (Wildman–Crippen MR) is 170 cm³/mol. The molecule has 1 saturated heterocycles. The van der Waals surface area contributed by atoms with Crippen molar-refractivity contribution in [2.24, 2.45) is 0 Å². The summed E-state index contributed by atoms with van der Waals surface area (Å²) >= 11 is 0. The largest absolute Gasteiger partial charge is 0.488 e. The Morgan fingerprint density at radius 2 is 1.51 bits per heavy atom. The monoisotopic (exact) mass is 614 g/mol. The highest BCUT2D eigenvalue weighted by atomic mass is 16.6. The van der Waals surface area contributed by atoms with Crippen molar-refractivity contribution in [2.75, 3.05) is 6.61 Å². The Morgan fingerprint density at radius 3 is 2.04 bits per heavy atom. The number of nitrogens with one attached hydrogen (secondary N) is 1. The molecule has 2 amide bonds. The molecule has 4 atom stereocenters. The average Bonchev–Trinajstić information content (AvgIpc) is 3.42. The third-order valence-corrected chi connectivity index (χ3v) is 8.48. The second-order valence-electron chi connectivity index (χ2n) is 13.3. The van der Waals surface area contributed by atoms with Gasteiger partial charge in [-0.3, -0.25) is 9.69 Å². The lowest BCUT2D eigenvalue weighted by Gasteiger charge is -2.36. The summed E-state index contributed by atoms with van der Waals surface area (Å²) in [6.07, 6.45) is -1.52. The fourth-order valence-electron chi connectivity index (χ4n) is 6.54. The number of carbonyl (C=O) groups is 3. The van der Waals surface area contributed by atoms with E-state index < -0.39 is 47.8 Å². The first-order valence-electron chi connectivity index (χ1n) is 15.3. The smallest absolute Gasteiger partial charge is 0.407 e. The molecule has 3 aromatic carbocycles. The standard InChI is InChI=1S/C36H42N2O7/c1-21(23-16-18-24(19-17-23)45-35(3,4)5)30(32(39)38-31(33(40)41)22(2)44-36(38,6)7)37-34(42)43-20-29-27-14-10-8-12-25(27)26-13-9-11-15-28(26)29/h8-19,21-22,29-31H,20H2,1-7H3,(H,37,42)(H,40,41)/t21?,22-,30+,31+/m1/s1. The van der Waals surface area contributed by atoms with Crippen molar-refractivity contribution in [3.63, 3.8) is 0 Å². The lowest BCUT2D eigenvalue weighted by Crippen LogP contribution is -2.59. The van der Waals surface area contributed by atoms with Gasteiger partial charge in [-0.2, -0.15) is 0 Å². The fourth-order valence-corrected chi connectivity index (χ4v) is 6.54. The number of carbonyl (C=O) groups excluding carboxylic acids is 2. The number of ether oxygens (including phenoxy) is 3. The summed E-state index contributed by atoms with van der Waals surface area (Å²) in [6, 6.07) is 21.0. The number of aliphatic carboxylic acids is 1. The molecule has 0 saturated carbocycles. The van der Waals surface area contributed by atoms with Gasteiger partial charge in [-0.25, -0.2) is 9.59 Å². The maximum Gasteiger partial charge on any atom is 0.407 e. The molecule has 1 heterocycles. The predicted octanol–water partition coefficient (Wildman–Crippen LogP) is 6.31. The minimum atomic E-state index is -1.23. The van der Waals surface area contributed by atoms with Crippen LogP contribution in [0.1, 0.15) is 77.0 Å². The molecule has 1 aliphatic carbocycles. The average molecular weight is 615 g/mol. The minimum Gasteiger partial charge on any atom is -0.488 e. The second kappa shape index (κ2) is 12.2. The summed E-state index contributed by atoms with van der Waals surface area (Å²) in [4.78, 5) is 41.3. The number of carboxylic acids is 1. The molecule has 0 radical (unpaired) electrons. The number of nitrogens with zero attached hydrogens (tertiary/aromatic N) is 1. The van der Waals surface area contributed by atoms with Crippen LogP contribution in [0.15, 0.2) is 72.8 Å². The van der Waals surface area contributed by atoms with E-state index in [-0.39, 0.29) is 18.1 Å². The molecule has 0 aromatic heterocycles. The van der Waals surface area contributed by atoms with E-state index in [2.05, 4.69) is 17.4 Å². The van der Waals surface area contributed by atoms with E-state index in [1.807, 2.05) is 88.4 Å². The van der Waals surface area contributed by atoms with Crippen molar-refractivity contribution in [3.8, 4) is 16.9 Å². The second-order valence-corrected chi connectivity index (χ2v) is 13.3. The number of benzene rings is 3. The normalized spacial score (nSPS) is 20.1. The van der Waals surface area contributed by atoms with Crippen LogP contribution < -0.4 is 10.1 Å². The molecule has 0 bridgehead atoms. The molecular formula is C36H42N2O7. The van der Waals surface area contributed by atoms with Crippen molar-refractivity contribution in [2.45, 2.75) is 89.8 Å². The van der Waals surface area contributed by atoms with Crippen LogP contribution in [0.4, 0.5) is 4.79 Å². The van der Waals surface area contributed by atoms with Crippen LogP contribution in [-0.4, -0.2) is 64.1 Å². The number of rotatable bonds is 8. The van der Waals surface area contributed by atoms with Crippen LogP contribution in [0, 0.1) is 0 Å². The zero-order valence-electron chi connectivity index (χ0n) is 26.9. The first-order chi connectivity index (χ1) is 21.2. The SMILES string of the molecule is CC(c1ccc(OC(C)(C)C)cc1)[C@H](NC(=O)OCC1c2ccccc2-c2ccccc21)C(=O)N1[C@H](C(=O)O)[C@@H](C)OC1(C)C. The van der Waals surface area contributed by atoms with Gasteiger partial charge >= 0.3 is 12.1 Å². The molecule has 2 aliphatic rings. The lowest BCUT2D eigenvalue weighted by molar-refractivity contribution is -0.157. The van der Waals surface area contributed by atoms with Crippen LogP contribution >= 0.6 is 0 Å². The number of carboxylic acid groups (broad SMARTS) is 1. The maximum atomic E-state index is 14.3. The summed E-state index contributed by atoms with van der Waals surface area (Å²) in [5.41, 5.74) is 3.50. The molecule has 1 aliphatic heterocycles. The molecule has 238 valence electrons. The first kappa shape index (κ1) is 32.0. The van der Waals surface area contributed by atoms with Gasteiger partial charge in [0.1, 0.15) is 29.7 Å². The zero-order valence-corrected chi connectivity index (χ0v) is 26.9. The molecule has 1 unspecified atom stereocenters. The van der Waals surface area contributed by atoms with Crippen LogP contribution in [-0.2, 0) is 19.1 Å². The highest BCUT2D eigenvalue weighted by molar-refractivity contribution is 5.91. The molecule has 0 spiro atoms. The minimum absolute atomic E-state index is 0.0705. The Morgan fingerprint density at radius 1 is 0.956 bits per heavy atom. The van der Waals surface area contributed by atoms with Gasteiger partial charge in [-0.05, 0) is 81.5 Å². The Kier molecular flexibility index (Phi) is 8.68. The Hall–Kier alpha value is -4.37. The quantitative estimate of drug-likeness (QED) is 0.306. The highest BCUT2D eigenvalue weighted by Crippen LogP contribution is 2.44. The Bertz CT molecular complexity index is 1530. The molecule has 9 nitrogen and oxygen atoms in total. The molecule has 9 heteroatoms. The van der Waals surface area contributed by atoms with Crippen LogP contribution in [0.25, 0.3) is 11.1 Å². The Labute approximate surface area is 264 Å². The van der Waals surface area contributed by atoms with E-state index in [1.54, 1.807) is 20.8 Å². The van der Waals surface area contributed by atoms with E-state index >= 15 is 0 Å². The molecular weight excluding hydrogens is 572 g/mol. The fraction of sp³-hybridized carbons (Fsp3) is 0.417. The van der Waals surface area contributed by atoms with Crippen LogP contribution in [0.5, 0.6) is 5.75 Å². The van der Waals surface area contributed by atoms with Crippen molar-refractivity contribution in [1.82, 2.24) is 10.2 Å². The molecule has 45 heavy (non-hydrogen) atoms. The van der Waals surface area contributed by atoms with E-state index in [0.717, 1.165) is 27.8 Å². The third kappa shape index (κ3) is 6.54. The van der Waals surface area contributed by atoms with Gasteiger partial charge < -0.3 is 24.6 Å². The van der Waals surface area contributed by atoms with Gasteiger partial charge in [0, 0.05) is 11.8 Å². The zero-order chi connectivity index (χ0) is 32.7. The van der Waals surface area contributed by atoms with Crippen LogP contribution in [0.3, 0.4) is 0 Å². The summed E-state index contributed by atoms with van der Waals surface area (Å²) in [6.45, 7) is 12.7. The maximum absolute atomic E-state index is 14.3. The number of alkyl carbamates (subject to hydrolysis) is 1. The lowest BCUT2D eigenvalue weighted by atomic mass is 9.91. The molecule has 5 rings (SSSR count). The van der Waals surface area contributed by atoms with E-state index in [9.17, 15) is 19.5 Å². The van der Waals surface area contributed by atoms with Gasteiger partial charge in [-0.1, -0.05) is 67.6 Å².